The van der Waals surface area contributed by atoms with Gasteiger partial charge < -0.3 is 5.32 Å². The summed E-state index contributed by atoms with van der Waals surface area (Å²) in [6, 6.07) is 10.1. The molecule has 0 heterocycles. The molecule has 90 valence electrons. The predicted molar refractivity (Wildman–Crippen MR) is 68.5 cm³/mol. The van der Waals surface area contributed by atoms with Gasteiger partial charge in [0.25, 0.3) is 0 Å². The van der Waals surface area contributed by atoms with Gasteiger partial charge in [-0.2, -0.15) is 5.26 Å². The fraction of sp³-hybridized carbons (Fsp3) is 0. The molecule has 0 spiro atoms. The van der Waals surface area contributed by atoms with Crippen LogP contribution in [-0.2, 0) is 0 Å². The molecule has 18 heavy (non-hydrogen) atoms. The third kappa shape index (κ3) is 2.66. The molecule has 0 saturated heterocycles. The first-order chi connectivity index (χ1) is 8.60. The Balaban J connectivity index is 2.34. The van der Waals surface area contributed by atoms with E-state index in [-0.39, 0.29) is 11.4 Å². The third-order valence-electron chi connectivity index (χ3n) is 2.30. The molecule has 0 aliphatic heterocycles. The molecule has 0 bridgehead atoms. The fourth-order valence-corrected chi connectivity index (χ4v) is 1.83. The molecule has 2 rings (SSSR count). The molecule has 2 nitrogen and oxygen atoms in total. The van der Waals surface area contributed by atoms with Crippen LogP contribution >= 0.6 is 15.9 Å². The van der Waals surface area contributed by atoms with Crippen molar-refractivity contribution in [2.75, 3.05) is 5.32 Å². The summed E-state index contributed by atoms with van der Waals surface area (Å²) in [5.41, 5.74) is 1.26. The number of hydrogen-bond acceptors (Lipinski definition) is 2. The van der Waals surface area contributed by atoms with Gasteiger partial charge in [-0.05, 0) is 52.3 Å². The topological polar surface area (TPSA) is 35.8 Å². The quantitative estimate of drug-likeness (QED) is 0.895. The number of rotatable bonds is 2. The fourth-order valence-electron chi connectivity index (χ4n) is 1.45. The van der Waals surface area contributed by atoms with E-state index in [1.807, 2.05) is 6.07 Å². The Morgan fingerprint density at radius 3 is 2.56 bits per heavy atom. The minimum absolute atomic E-state index is 0.190. The van der Waals surface area contributed by atoms with Gasteiger partial charge in [0.15, 0.2) is 0 Å². The van der Waals surface area contributed by atoms with Crippen LogP contribution in [0.4, 0.5) is 20.2 Å². The number of nitriles is 1. The lowest BCUT2D eigenvalue weighted by Crippen LogP contribution is -1.95. The maximum absolute atomic E-state index is 13.1. The molecule has 5 heteroatoms. The first-order valence-electron chi connectivity index (χ1n) is 5.02. The van der Waals surface area contributed by atoms with Crippen LogP contribution in [0.3, 0.4) is 0 Å². The van der Waals surface area contributed by atoms with Crippen molar-refractivity contribution >= 4 is 27.3 Å². The average molecular weight is 309 g/mol. The molecule has 0 saturated carbocycles. The van der Waals surface area contributed by atoms with Gasteiger partial charge in [-0.15, -0.1) is 0 Å². The first-order valence-corrected chi connectivity index (χ1v) is 5.81. The Morgan fingerprint density at radius 2 is 1.89 bits per heavy atom. The zero-order chi connectivity index (χ0) is 13.1. The van der Waals surface area contributed by atoms with E-state index in [0.717, 1.165) is 6.07 Å². The lowest BCUT2D eigenvalue weighted by atomic mass is 10.2. The van der Waals surface area contributed by atoms with Crippen molar-refractivity contribution in [2.45, 2.75) is 0 Å². The Kier molecular flexibility index (Phi) is 3.58. The Bertz CT molecular complexity index is 635. The summed E-state index contributed by atoms with van der Waals surface area (Å²) in [5, 5.41) is 11.8. The molecule has 0 fully saturated rings. The summed E-state index contributed by atoms with van der Waals surface area (Å²) in [4.78, 5) is 0. The van der Waals surface area contributed by atoms with E-state index in [0.29, 0.717) is 15.8 Å². The van der Waals surface area contributed by atoms with Gasteiger partial charge >= 0.3 is 0 Å². The van der Waals surface area contributed by atoms with Crippen molar-refractivity contribution < 1.29 is 8.78 Å². The number of nitrogens with one attached hydrogen (secondary N) is 1. The monoisotopic (exact) mass is 308 g/mol. The molecular formula is C13H7BrF2N2. The van der Waals surface area contributed by atoms with Gasteiger partial charge in [0, 0.05) is 5.69 Å². The van der Waals surface area contributed by atoms with Gasteiger partial charge in [0.1, 0.15) is 17.7 Å². The molecule has 2 aromatic rings. The minimum Gasteiger partial charge on any atom is -0.354 e. The van der Waals surface area contributed by atoms with Crippen LogP contribution < -0.4 is 5.32 Å². The summed E-state index contributed by atoms with van der Waals surface area (Å²) in [5.74, 6) is -0.849. The highest BCUT2D eigenvalue weighted by atomic mass is 79.9. The Labute approximate surface area is 111 Å². The zero-order valence-corrected chi connectivity index (χ0v) is 10.6. The van der Waals surface area contributed by atoms with Crippen molar-refractivity contribution in [3.05, 3.63) is 58.1 Å². The minimum atomic E-state index is -0.475. The number of hydrogen-bond donors (Lipinski definition) is 1. The molecule has 0 radical (unpaired) electrons. The van der Waals surface area contributed by atoms with E-state index in [9.17, 15) is 8.78 Å². The molecule has 1 N–H and O–H groups in total. The predicted octanol–water partition coefficient (Wildman–Crippen LogP) is 4.34. The smallest absolute Gasteiger partial charge is 0.137 e. The maximum atomic E-state index is 13.1. The third-order valence-corrected chi connectivity index (χ3v) is 2.91. The normalized spacial score (nSPS) is 9.89. The number of halogens is 3. The van der Waals surface area contributed by atoms with Crippen molar-refractivity contribution in [3.8, 4) is 6.07 Å². The van der Waals surface area contributed by atoms with Gasteiger partial charge in [0.2, 0.25) is 0 Å². The van der Waals surface area contributed by atoms with Crippen molar-refractivity contribution in [2.24, 2.45) is 0 Å². The molecule has 2 aromatic carbocycles. The van der Waals surface area contributed by atoms with Gasteiger partial charge in [-0.3, -0.25) is 0 Å². The van der Waals surface area contributed by atoms with Gasteiger partial charge in [-0.1, -0.05) is 0 Å². The number of nitrogens with zero attached hydrogens (tertiary/aromatic N) is 1. The molecule has 0 aliphatic rings. The molecular weight excluding hydrogens is 302 g/mol. The second-order valence-electron chi connectivity index (χ2n) is 3.56. The first kappa shape index (κ1) is 12.5. The number of anilines is 2. The van der Waals surface area contributed by atoms with Crippen molar-refractivity contribution in [3.63, 3.8) is 0 Å². The van der Waals surface area contributed by atoms with E-state index in [1.54, 1.807) is 6.07 Å². The maximum Gasteiger partial charge on any atom is 0.137 e. The highest BCUT2D eigenvalue weighted by molar-refractivity contribution is 9.10. The second kappa shape index (κ2) is 5.15. The lowest BCUT2D eigenvalue weighted by Gasteiger charge is -2.08. The van der Waals surface area contributed by atoms with Crippen LogP contribution in [-0.4, -0.2) is 0 Å². The van der Waals surface area contributed by atoms with Crippen LogP contribution in [0.15, 0.2) is 40.9 Å². The molecule has 0 amide bonds. The van der Waals surface area contributed by atoms with E-state index < -0.39 is 5.82 Å². The van der Waals surface area contributed by atoms with Gasteiger partial charge in [0.05, 0.1) is 15.7 Å². The Hall–Kier alpha value is -1.93. The summed E-state index contributed by atoms with van der Waals surface area (Å²) in [7, 11) is 0. The standard InChI is InChI=1S/C13H7BrF2N2/c14-11-6-10(2-3-12(11)16)18-13-4-1-9(15)5-8(13)7-17/h1-6,18H. The summed E-state index contributed by atoms with van der Waals surface area (Å²) < 4.78 is 26.3. The highest BCUT2D eigenvalue weighted by Gasteiger charge is 2.05. The molecule has 0 aliphatic carbocycles. The van der Waals surface area contributed by atoms with Crippen LogP contribution in [0.1, 0.15) is 5.56 Å². The highest BCUT2D eigenvalue weighted by Crippen LogP contribution is 2.25. The molecule has 0 atom stereocenters. The summed E-state index contributed by atoms with van der Waals surface area (Å²) in [6.07, 6.45) is 0. The second-order valence-corrected chi connectivity index (χ2v) is 4.41. The van der Waals surface area contributed by atoms with E-state index in [2.05, 4.69) is 21.2 Å². The van der Waals surface area contributed by atoms with Crippen LogP contribution in [0.25, 0.3) is 0 Å². The van der Waals surface area contributed by atoms with Crippen LogP contribution in [0.2, 0.25) is 0 Å². The zero-order valence-electron chi connectivity index (χ0n) is 9.05. The van der Waals surface area contributed by atoms with E-state index in [4.69, 9.17) is 5.26 Å². The van der Waals surface area contributed by atoms with Gasteiger partial charge in [-0.25, -0.2) is 8.78 Å². The van der Waals surface area contributed by atoms with Crippen molar-refractivity contribution in [1.29, 1.82) is 5.26 Å². The number of benzene rings is 2. The summed E-state index contributed by atoms with van der Waals surface area (Å²) >= 11 is 3.07. The Morgan fingerprint density at radius 1 is 1.11 bits per heavy atom. The van der Waals surface area contributed by atoms with E-state index in [1.165, 1.54) is 24.3 Å². The molecule has 0 aromatic heterocycles. The molecule has 0 unspecified atom stereocenters. The van der Waals surface area contributed by atoms with E-state index >= 15 is 0 Å². The average Bonchev–Trinajstić information content (AvgIpc) is 2.36. The van der Waals surface area contributed by atoms with Crippen LogP contribution in [0, 0.1) is 23.0 Å². The van der Waals surface area contributed by atoms with Crippen molar-refractivity contribution in [1.82, 2.24) is 0 Å². The van der Waals surface area contributed by atoms with Crippen LogP contribution in [0.5, 0.6) is 0 Å². The lowest BCUT2D eigenvalue weighted by molar-refractivity contribution is 0.621. The summed E-state index contributed by atoms with van der Waals surface area (Å²) in [6.45, 7) is 0. The SMILES string of the molecule is N#Cc1cc(F)ccc1Nc1ccc(F)c(Br)c1. The largest absolute Gasteiger partial charge is 0.354 e.